The highest BCUT2D eigenvalue weighted by Crippen LogP contribution is 2.19. The van der Waals surface area contributed by atoms with Crippen LogP contribution in [-0.2, 0) is 0 Å². The number of hydrogen-bond acceptors (Lipinski definition) is 4. The molecule has 1 aromatic heterocycles. The number of benzene rings is 1. The maximum absolute atomic E-state index is 14.5. The Hall–Kier alpha value is -2.25. The number of amides is 1. The molecule has 0 aliphatic carbocycles. The third-order valence-corrected chi connectivity index (χ3v) is 4.51. The highest BCUT2D eigenvalue weighted by molar-refractivity contribution is 5.94. The van der Waals surface area contributed by atoms with E-state index in [-0.39, 0.29) is 12.5 Å². The molecule has 1 fully saturated rings. The van der Waals surface area contributed by atoms with Gasteiger partial charge in [0.05, 0.1) is 12.3 Å². The van der Waals surface area contributed by atoms with Gasteiger partial charge in [0.2, 0.25) is 0 Å². The van der Waals surface area contributed by atoms with E-state index in [2.05, 4.69) is 10.00 Å². The van der Waals surface area contributed by atoms with E-state index in [0.717, 1.165) is 24.5 Å². The van der Waals surface area contributed by atoms with Crippen LogP contribution in [0.1, 0.15) is 21.7 Å². The Bertz CT molecular complexity index is 766. The number of aliphatic hydroxyl groups is 1. The molecule has 1 amide bonds. The van der Waals surface area contributed by atoms with Gasteiger partial charge in [-0.3, -0.25) is 9.69 Å². The maximum atomic E-state index is 14.5. The molecule has 1 aliphatic rings. The van der Waals surface area contributed by atoms with Crippen molar-refractivity contribution >= 4 is 5.91 Å². The zero-order valence-electron chi connectivity index (χ0n) is 14.6. The van der Waals surface area contributed by atoms with Crippen LogP contribution in [0.5, 0.6) is 0 Å². The van der Waals surface area contributed by atoms with Gasteiger partial charge in [0.15, 0.2) is 0 Å². The molecule has 134 valence electrons. The smallest absolute Gasteiger partial charge is 0.254 e. The van der Waals surface area contributed by atoms with Gasteiger partial charge < -0.3 is 10.0 Å². The summed E-state index contributed by atoms with van der Waals surface area (Å²) >= 11 is 0. The number of hydrogen-bond donors (Lipinski definition) is 1. The predicted molar refractivity (Wildman–Crippen MR) is 92.4 cm³/mol. The normalized spacial score (nSPS) is 15.6. The van der Waals surface area contributed by atoms with Crippen molar-refractivity contribution in [1.82, 2.24) is 19.6 Å². The van der Waals surface area contributed by atoms with Crippen LogP contribution in [0.15, 0.2) is 24.3 Å². The van der Waals surface area contributed by atoms with Gasteiger partial charge in [-0.1, -0.05) is 0 Å². The van der Waals surface area contributed by atoms with Gasteiger partial charge >= 0.3 is 0 Å². The first kappa shape index (κ1) is 17.6. The molecule has 25 heavy (non-hydrogen) atoms. The zero-order valence-corrected chi connectivity index (χ0v) is 14.6. The van der Waals surface area contributed by atoms with Crippen LogP contribution < -0.4 is 0 Å². The summed E-state index contributed by atoms with van der Waals surface area (Å²) in [5, 5.41) is 13.3. The summed E-state index contributed by atoms with van der Waals surface area (Å²) in [6, 6.07) is 6.42. The van der Waals surface area contributed by atoms with E-state index in [1.54, 1.807) is 21.7 Å². The Labute approximate surface area is 146 Å². The van der Waals surface area contributed by atoms with Crippen molar-refractivity contribution in [1.29, 1.82) is 0 Å². The molecule has 1 saturated heterocycles. The summed E-state index contributed by atoms with van der Waals surface area (Å²) in [6.07, 6.45) is 0. The first-order chi connectivity index (χ1) is 12.0. The summed E-state index contributed by atoms with van der Waals surface area (Å²) < 4.78 is 16.1. The molecule has 6 nitrogen and oxygen atoms in total. The second kappa shape index (κ2) is 7.33. The van der Waals surface area contributed by atoms with Gasteiger partial charge in [0, 0.05) is 44.0 Å². The number of carbonyl (C=O) groups excluding carboxylic acids is 1. The molecule has 1 aromatic carbocycles. The lowest BCUT2D eigenvalue weighted by atomic mass is 10.1. The van der Waals surface area contributed by atoms with Crippen molar-refractivity contribution < 1.29 is 14.3 Å². The number of β-amino-alcohol motifs (C(OH)–C–C–N with tert-alkyl or cyclic N) is 1. The Morgan fingerprint density at radius 3 is 2.48 bits per heavy atom. The van der Waals surface area contributed by atoms with Crippen molar-refractivity contribution in [3.8, 4) is 5.69 Å². The zero-order chi connectivity index (χ0) is 18.0. The molecule has 0 radical (unpaired) electrons. The lowest BCUT2D eigenvalue weighted by Gasteiger charge is -2.34. The Morgan fingerprint density at radius 2 is 1.92 bits per heavy atom. The van der Waals surface area contributed by atoms with Crippen molar-refractivity contribution in [2.45, 2.75) is 13.8 Å². The Balaban J connectivity index is 1.75. The van der Waals surface area contributed by atoms with Crippen molar-refractivity contribution in [3.05, 3.63) is 47.0 Å². The number of aliphatic hydroxyl groups excluding tert-OH is 1. The highest BCUT2D eigenvalue weighted by atomic mass is 19.1. The monoisotopic (exact) mass is 346 g/mol. The van der Waals surface area contributed by atoms with Gasteiger partial charge in [-0.05, 0) is 38.1 Å². The minimum atomic E-state index is -0.462. The summed E-state index contributed by atoms with van der Waals surface area (Å²) in [5.41, 5.74) is 2.35. The molecule has 1 N–H and O–H groups in total. The van der Waals surface area contributed by atoms with Crippen LogP contribution in [-0.4, -0.2) is 69.9 Å². The maximum Gasteiger partial charge on any atom is 0.254 e. The second-order valence-electron chi connectivity index (χ2n) is 6.36. The van der Waals surface area contributed by atoms with E-state index < -0.39 is 5.82 Å². The van der Waals surface area contributed by atoms with Crippen molar-refractivity contribution in [2.24, 2.45) is 0 Å². The minimum absolute atomic E-state index is 0.118. The summed E-state index contributed by atoms with van der Waals surface area (Å²) in [5.74, 6) is -0.626. The standard InChI is InChI=1S/C18H23FN4O2/c1-13-11-14(2)23(20-13)17-4-3-15(12-16(17)19)18(25)22-7-5-21(6-8-22)9-10-24/h3-4,11-12,24H,5-10H2,1-2H3. The van der Waals surface area contributed by atoms with Crippen molar-refractivity contribution in [2.75, 3.05) is 39.3 Å². The van der Waals surface area contributed by atoms with Crippen LogP contribution in [0.3, 0.4) is 0 Å². The molecular formula is C18H23FN4O2. The van der Waals surface area contributed by atoms with Crippen LogP contribution in [0.4, 0.5) is 4.39 Å². The minimum Gasteiger partial charge on any atom is -0.395 e. The quantitative estimate of drug-likeness (QED) is 0.909. The van der Waals surface area contributed by atoms with Gasteiger partial charge in [-0.2, -0.15) is 5.10 Å². The number of nitrogens with zero attached hydrogens (tertiary/aromatic N) is 4. The van der Waals surface area contributed by atoms with E-state index >= 15 is 0 Å². The molecule has 2 aromatic rings. The topological polar surface area (TPSA) is 61.6 Å². The fourth-order valence-electron chi connectivity index (χ4n) is 3.18. The van der Waals surface area contributed by atoms with Gasteiger partial charge in [0.1, 0.15) is 11.5 Å². The SMILES string of the molecule is Cc1cc(C)n(-c2ccc(C(=O)N3CCN(CCO)CC3)cc2F)n1. The largest absolute Gasteiger partial charge is 0.395 e. The number of aromatic nitrogens is 2. The number of rotatable bonds is 4. The van der Waals surface area contributed by atoms with E-state index in [4.69, 9.17) is 5.11 Å². The molecule has 0 spiro atoms. The fourth-order valence-corrected chi connectivity index (χ4v) is 3.18. The fraction of sp³-hybridized carbons (Fsp3) is 0.444. The molecule has 0 atom stereocenters. The van der Waals surface area contributed by atoms with Crippen LogP contribution in [0.2, 0.25) is 0 Å². The number of aryl methyl sites for hydroxylation is 2. The lowest BCUT2D eigenvalue weighted by Crippen LogP contribution is -2.49. The van der Waals surface area contributed by atoms with Gasteiger partial charge in [0.25, 0.3) is 5.91 Å². The summed E-state index contributed by atoms with van der Waals surface area (Å²) in [6.45, 7) is 7.07. The first-order valence-electron chi connectivity index (χ1n) is 8.45. The summed E-state index contributed by atoms with van der Waals surface area (Å²) in [4.78, 5) is 16.4. The van der Waals surface area contributed by atoms with Crippen LogP contribution in [0.25, 0.3) is 5.69 Å². The van der Waals surface area contributed by atoms with Gasteiger partial charge in [-0.25, -0.2) is 9.07 Å². The van der Waals surface area contributed by atoms with Gasteiger partial charge in [-0.15, -0.1) is 0 Å². The molecule has 0 saturated carbocycles. The molecule has 2 heterocycles. The molecule has 1 aliphatic heterocycles. The van der Waals surface area contributed by atoms with Crippen molar-refractivity contribution in [3.63, 3.8) is 0 Å². The molecule has 0 bridgehead atoms. The predicted octanol–water partition coefficient (Wildman–Crippen LogP) is 1.38. The Morgan fingerprint density at radius 1 is 1.20 bits per heavy atom. The van der Waals surface area contributed by atoms with E-state index in [1.807, 2.05) is 19.9 Å². The third-order valence-electron chi connectivity index (χ3n) is 4.51. The number of carbonyl (C=O) groups is 1. The Kier molecular flexibility index (Phi) is 5.15. The molecule has 3 rings (SSSR count). The average Bonchev–Trinajstić information content (AvgIpc) is 2.93. The van der Waals surface area contributed by atoms with E-state index in [0.29, 0.717) is 30.9 Å². The molecule has 0 unspecified atom stereocenters. The van der Waals surface area contributed by atoms with Crippen LogP contribution >= 0.6 is 0 Å². The average molecular weight is 346 g/mol. The van der Waals surface area contributed by atoms with E-state index in [1.165, 1.54) is 6.07 Å². The number of halogens is 1. The summed E-state index contributed by atoms with van der Waals surface area (Å²) in [7, 11) is 0. The third kappa shape index (κ3) is 3.72. The molecule has 7 heteroatoms. The van der Waals surface area contributed by atoms with E-state index in [9.17, 15) is 9.18 Å². The second-order valence-corrected chi connectivity index (χ2v) is 6.36. The number of piperazine rings is 1. The lowest BCUT2D eigenvalue weighted by molar-refractivity contribution is 0.0614. The van der Waals surface area contributed by atoms with Crippen LogP contribution in [0, 0.1) is 19.7 Å². The molecular weight excluding hydrogens is 323 g/mol. The first-order valence-corrected chi connectivity index (χ1v) is 8.45. The highest BCUT2D eigenvalue weighted by Gasteiger charge is 2.22.